The molecule has 0 saturated carbocycles. The molecule has 4 rings (SSSR count). The van der Waals surface area contributed by atoms with E-state index in [-0.39, 0.29) is 23.1 Å². The molecule has 2 N–H and O–H groups in total. The summed E-state index contributed by atoms with van der Waals surface area (Å²) in [5.74, 6) is -0.633. The van der Waals surface area contributed by atoms with Gasteiger partial charge in [-0.15, -0.1) is 0 Å². The summed E-state index contributed by atoms with van der Waals surface area (Å²) < 4.78 is 27.3. The number of halogens is 2. The summed E-state index contributed by atoms with van der Waals surface area (Å²) in [6.07, 6.45) is 3.07. The third-order valence-electron chi connectivity index (χ3n) is 5.34. The zero-order valence-electron chi connectivity index (χ0n) is 18.1. The van der Waals surface area contributed by atoms with Crippen molar-refractivity contribution in [3.63, 3.8) is 0 Å². The Bertz CT molecular complexity index is 1200. The van der Waals surface area contributed by atoms with Gasteiger partial charge in [0.15, 0.2) is 0 Å². The summed E-state index contributed by atoms with van der Waals surface area (Å²) in [5.41, 5.74) is 2.38. The first-order valence-corrected chi connectivity index (χ1v) is 10.6. The lowest BCUT2D eigenvalue weighted by Gasteiger charge is -2.22. The van der Waals surface area contributed by atoms with Crippen molar-refractivity contribution in [1.29, 1.82) is 0 Å². The molecule has 0 bridgehead atoms. The van der Waals surface area contributed by atoms with E-state index in [0.29, 0.717) is 22.3 Å². The summed E-state index contributed by atoms with van der Waals surface area (Å²) >= 11 is 0. The molecule has 2 atom stereocenters. The highest BCUT2D eigenvalue weighted by molar-refractivity contribution is 5.84. The van der Waals surface area contributed by atoms with E-state index in [1.807, 2.05) is 0 Å². The molecule has 0 spiro atoms. The van der Waals surface area contributed by atoms with Gasteiger partial charge >= 0.3 is 0 Å². The summed E-state index contributed by atoms with van der Waals surface area (Å²) in [6.45, 7) is 0. The number of nitrogens with zero attached hydrogens (tertiary/aromatic N) is 2. The molecule has 0 aromatic heterocycles. The number of phenolic OH excluding ortho intramolecular Hbond substituents is 2. The standard InChI is InChI=1S/C28H22F2N2O2/c29-23-13-9-19(10-14-23)27(31-17-21-5-1-3-7-25(21)33)28(20-11-15-24(30)16-12-20)32-18-22-6-2-4-8-26(22)34/h1-18,27-28,33-34H/t27-,28-/m0/s1. The quantitative estimate of drug-likeness (QED) is 0.316. The maximum Gasteiger partial charge on any atom is 0.124 e. The first-order chi connectivity index (χ1) is 16.5. The molecule has 4 nitrogen and oxygen atoms in total. The Morgan fingerprint density at radius 3 is 1.24 bits per heavy atom. The van der Waals surface area contributed by atoms with Crippen molar-refractivity contribution in [3.8, 4) is 11.5 Å². The Balaban J connectivity index is 1.82. The van der Waals surface area contributed by atoms with Crippen LogP contribution < -0.4 is 0 Å². The van der Waals surface area contributed by atoms with Gasteiger partial charge in [0, 0.05) is 23.6 Å². The zero-order chi connectivity index (χ0) is 23.9. The first kappa shape index (κ1) is 22.9. The Morgan fingerprint density at radius 1 is 0.529 bits per heavy atom. The van der Waals surface area contributed by atoms with Crippen LogP contribution in [0, 0.1) is 11.6 Å². The van der Waals surface area contributed by atoms with Gasteiger partial charge in [0.2, 0.25) is 0 Å². The molecule has 4 aromatic rings. The lowest BCUT2D eigenvalue weighted by atomic mass is 9.94. The van der Waals surface area contributed by atoms with E-state index in [2.05, 4.69) is 0 Å². The van der Waals surface area contributed by atoms with Crippen molar-refractivity contribution in [2.45, 2.75) is 12.1 Å². The van der Waals surface area contributed by atoms with Gasteiger partial charge in [-0.05, 0) is 59.7 Å². The van der Waals surface area contributed by atoms with Gasteiger partial charge in [-0.25, -0.2) is 8.78 Å². The molecule has 0 saturated heterocycles. The number of aromatic hydroxyl groups is 2. The lowest BCUT2D eigenvalue weighted by Crippen LogP contribution is -2.09. The van der Waals surface area contributed by atoms with Crippen LogP contribution in [0.5, 0.6) is 11.5 Å². The Kier molecular flexibility index (Phi) is 7.08. The van der Waals surface area contributed by atoms with E-state index >= 15 is 0 Å². The highest BCUT2D eigenvalue weighted by atomic mass is 19.1. The third kappa shape index (κ3) is 5.53. The van der Waals surface area contributed by atoms with Crippen LogP contribution in [-0.4, -0.2) is 22.6 Å². The largest absolute Gasteiger partial charge is 0.507 e. The van der Waals surface area contributed by atoms with Gasteiger partial charge in [0.05, 0.1) is 0 Å². The van der Waals surface area contributed by atoms with Gasteiger partial charge in [-0.3, -0.25) is 9.98 Å². The molecule has 0 aliphatic rings. The maximum atomic E-state index is 13.7. The molecule has 6 heteroatoms. The van der Waals surface area contributed by atoms with Crippen LogP contribution in [0.15, 0.2) is 107 Å². The predicted molar refractivity (Wildman–Crippen MR) is 130 cm³/mol. The Morgan fingerprint density at radius 2 is 0.882 bits per heavy atom. The molecule has 170 valence electrons. The van der Waals surface area contributed by atoms with Crippen molar-refractivity contribution in [2.24, 2.45) is 9.98 Å². The summed E-state index contributed by atoms with van der Waals surface area (Å²) in [7, 11) is 0. The minimum Gasteiger partial charge on any atom is -0.507 e. The highest BCUT2D eigenvalue weighted by Gasteiger charge is 2.24. The SMILES string of the molecule is Oc1ccccc1C=N[C@@H](c1ccc(F)cc1)[C@@H](N=Cc1ccccc1O)c1ccc(F)cc1. The molecule has 4 aromatic carbocycles. The normalized spacial score (nSPS) is 13.4. The van der Waals surface area contributed by atoms with Crippen LogP contribution >= 0.6 is 0 Å². The fourth-order valence-electron chi connectivity index (χ4n) is 3.53. The number of rotatable bonds is 7. The van der Waals surface area contributed by atoms with Gasteiger partial charge in [-0.1, -0.05) is 48.5 Å². The summed E-state index contributed by atoms with van der Waals surface area (Å²) in [6, 6.07) is 24.1. The van der Waals surface area contributed by atoms with E-state index in [4.69, 9.17) is 9.98 Å². The van der Waals surface area contributed by atoms with E-state index in [1.165, 1.54) is 36.7 Å². The fraction of sp³-hybridized carbons (Fsp3) is 0.0714. The van der Waals surface area contributed by atoms with E-state index in [9.17, 15) is 19.0 Å². The number of phenols is 2. The molecule has 0 aliphatic heterocycles. The van der Waals surface area contributed by atoms with Crippen LogP contribution in [0.2, 0.25) is 0 Å². The van der Waals surface area contributed by atoms with Crippen molar-refractivity contribution in [2.75, 3.05) is 0 Å². The second-order valence-corrected chi connectivity index (χ2v) is 7.67. The minimum atomic E-state index is -0.632. The van der Waals surface area contributed by atoms with Crippen LogP contribution in [0.3, 0.4) is 0 Å². The van der Waals surface area contributed by atoms with Gasteiger partial charge in [0.1, 0.15) is 35.2 Å². The average molecular weight is 456 g/mol. The molecule has 34 heavy (non-hydrogen) atoms. The minimum absolute atomic E-state index is 0.0696. The molecule has 0 heterocycles. The van der Waals surface area contributed by atoms with E-state index in [0.717, 1.165) is 0 Å². The van der Waals surface area contributed by atoms with Gasteiger partial charge in [-0.2, -0.15) is 0 Å². The molecule has 0 aliphatic carbocycles. The Hall–Kier alpha value is -4.32. The number of benzene rings is 4. The smallest absolute Gasteiger partial charge is 0.124 e. The summed E-state index contributed by atoms with van der Waals surface area (Å²) in [5, 5.41) is 20.3. The van der Waals surface area contributed by atoms with Crippen molar-refractivity contribution in [1.82, 2.24) is 0 Å². The average Bonchev–Trinajstić information content (AvgIpc) is 2.84. The van der Waals surface area contributed by atoms with Crippen LogP contribution in [-0.2, 0) is 0 Å². The van der Waals surface area contributed by atoms with E-state index in [1.54, 1.807) is 72.8 Å². The third-order valence-corrected chi connectivity index (χ3v) is 5.34. The van der Waals surface area contributed by atoms with Gasteiger partial charge in [0.25, 0.3) is 0 Å². The van der Waals surface area contributed by atoms with Crippen molar-refractivity contribution >= 4 is 12.4 Å². The van der Waals surface area contributed by atoms with Gasteiger partial charge < -0.3 is 10.2 Å². The predicted octanol–water partition coefficient (Wildman–Crippen LogP) is 6.40. The molecular weight excluding hydrogens is 434 g/mol. The maximum absolute atomic E-state index is 13.7. The number of aliphatic imine (C=N–C) groups is 2. The molecule has 0 fully saturated rings. The molecular formula is C28H22F2N2O2. The topological polar surface area (TPSA) is 65.2 Å². The monoisotopic (exact) mass is 456 g/mol. The molecule has 0 amide bonds. The zero-order valence-corrected chi connectivity index (χ0v) is 18.1. The number of para-hydroxylation sites is 2. The van der Waals surface area contributed by atoms with Crippen molar-refractivity contribution < 1.29 is 19.0 Å². The van der Waals surface area contributed by atoms with Crippen LogP contribution in [0.25, 0.3) is 0 Å². The second-order valence-electron chi connectivity index (χ2n) is 7.67. The second kappa shape index (κ2) is 10.5. The fourth-order valence-corrected chi connectivity index (χ4v) is 3.53. The first-order valence-electron chi connectivity index (χ1n) is 10.6. The molecule has 0 radical (unpaired) electrons. The molecule has 0 unspecified atom stereocenters. The Labute approximate surface area is 196 Å². The summed E-state index contributed by atoms with van der Waals surface area (Å²) in [4.78, 5) is 9.42. The highest BCUT2D eigenvalue weighted by Crippen LogP contribution is 2.36. The lowest BCUT2D eigenvalue weighted by molar-refractivity contribution is 0.473. The number of hydrogen-bond donors (Lipinski definition) is 2. The van der Waals surface area contributed by atoms with E-state index < -0.39 is 12.1 Å². The van der Waals surface area contributed by atoms with Crippen molar-refractivity contribution in [3.05, 3.63) is 131 Å². The van der Waals surface area contributed by atoms with Crippen LogP contribution in [0.1, 0.15) is 34.3 Å². The number of hydrogen-bond acceptors (Lipinski definition) is 4. The van der Waals surface area contributed by atoms with Crippen LogP contribution in [0.4, 0.5) is 8.78 Å².